The fraction of sp³-hybridized carbons (Fsp3) is 0.346. The molecule has 0 fully saturated rings. The van der Waals surface area contributed by atoms with Crippen molar-refractivity contribution in [1.82, 2.24) is 20.2 Å². The third-order valence-corrected chi connectivity index (χ3v) is 6.31. The second-order valence-corrected chi connectivity index (χ2v) is 8.85. The molecule has 0 bridgehead atoms. The van der Waals surface area contributed by atoms with Crippen LogP contribution in [0.3, 0.4) is 0 Å². The van der Waals surface area contributed by atoms with Crippen molar-refractivity contribution in [3.63, 3.8) is 0 Å². The van der Waals surface area contributed by atoms with Crippen LogP contribution < -0.4 is 10.6 Å². The molecule has 0 radical (unpaired) electrons. The number of anilines is 1. The normalized spacial score (nSPS) is 11.5. The molecule has 1 atom stereocenters. The summed E-state index contributed by atoms with van der Waals surface area (Å²) in [5.74, 6) is -0.608. The smallest absolute Gasteiger partial charge is 0.412 e. The van der Waals surface area contributed by atoms with Gasteiger partial charge in [0.05, 0.1) is 18.2 Å². The number of nitrogens with zero attached hydrogens (tertiary/aromatic N) is 3. The monoisotopic (exact) mass is 545 g/mol. The predicted octanol–water partition coefficient (Wildman–Crippen LogP) is 4.91. The van der Waals surface area contributed by atoms with Gasteiger partial charge < -0.3 is 19.7 Å². The molecule has 3 amide bonds. The van der Waals surface area contributed by atoms with Crippen LogP contribution >= 0.6 is 11.6 Å². The van der Waals surface area contributed by atoms with Crippen molar-refractivity contribution in [3.05, 3.63) is 65.3 Å². The lowest BCUT2D eigenvalue weighted by molar-refractivity contribution is -0.140. The first-order valence-electron chi connectivity index (χ1n) is 11.9. The molecular weight excluding hydrogens is 517 g/mol. The van der Waals surface area contributed by atoms with Gasteiger partial charge in [-0.2, -0.15) is 0 Å². The van der Waals surface area contributed by atoms with Crippen LogP contribution in [0, 0.1) is 5.82 Å². The summed E-state index contributed by atoms with van der Waals surface area (Å²) >= 11 is 5.97. The van der Waals surface area contributed by atoms with Gasteiger partial charge in [0.1, 0.15) is 18.2 Å². The SMILES string of the molecule is COC(=O)CCCC[C@@H](COC(=O)Nc1cc2cnccc2cn1)N(C)C(=O)NCc1cccc(F)c1Cl. The first-order valence-corrected chi connectivity index (χ1v) is 12.3. The highest BCUT2D eigenvalue weighted by atomic mass is 35.5. The molecule has 0 spiro atoms. The number of urea groups is 1. The average molecular weight is 546 g/mol. The molecule has 2 N–H and O–H groups in total. The number of likely N-dealkylation sites (N-methyl/N-ethyl adjacent to an activating group) is 1. The van der Waals surface area contributed by atoms with Gasteiger partial charge in [-0.3, -0.25) is 15.1 Å². The quantitative estimate of drug-likeness (QED) is 0.259. The van der Waals surface area contributed by atoms with E-state index in [0.717, 1.165) is 10.8 Å². The zero-order valence-electron chi connectivity index (χ0n) is 21.1. The number of pyridine rings is 2. The topological polar surface area (TPSA) is 123 Å². The molecule has 3 aromatic rings. The van der Waals surface area contributed by atoms with E-state index in [1.807, 2.05) is 0 Å². The van der Waals surface area contributed by atoms with Gasteiger partial charge in [0.2, 0.25) is 0 Å². The zero-order valence-corrected chi connectivity index (χ0v) is 21.8. The van der Waals surface area contributed by atoms with Crippen LogP contribution in [0.5, 0.6) is 0 Å². The number of hydrogen-bond acceptors (Lipinski definition) is 7. The number of fused-ring (bicyclic) bond motifs is 1. The molecule has 2 aromatic heterocycles. The van der Waals surface area contributed by atoms with Crippen LogP contribution in [-0.2, 0) is 20.8 Å². The van der Waals surface area contributed by atoms with E-state index in [2.05, 4.69) is 25.3 Å². The molecular formula is C26H29ClFN5O5. The summed E-state index contributed by atoms with van der Waals surface area (Å²) in [5, 5.41) is 6.89. The van der Waals surface area contributed by atoms with Crippen LogP contribution in [0.15, 0.2) is 48.9 Å². The molecule has 38 heavy (non-hydrogen) atoms. The Balaban J connectivity index is 1.59. The third-order valence-electron chi connectivity index (χ3n) is 5.88. The number of rotatable bonds is 11. The number of aromatic nitrogens is 2. The minimum absolute atomic E-state index is 0.0126. The molecule has 12 heteroatoms. The maximum absolute atomic E-state index is 13.7. The van der Waals surface area contributed by atoms with E-state index >= 15 is 0 Å². The van der Waals surface area contributed by atoms with Crippen LogP contribution in [0.4, 0.5) is 19.8 Å². The summed E-state index contributed by atoms with van der Waals surface area (Å²) in [4.78, 5) is 46.4. The number of methoxy groups -OCH3 is 1. The van der Waals surface area contributed by atoms with Gasteiger partial charge >= 0.3 is 18.1 Å². The number of benzene rings is 1. The Hall–Kier alpha value is -3.99. The maximum Gasteiger partial charge on any atom is 0.412 e. The van der Waals surface area contributed by atoms with E-state index in [1.54, 1.807) is 43.8 Å². The molecule has 2 heterocycles. The van der Waals surface area contributed by atoms with E-state index in [0.29, 0.717) is 30.6 Å². The highest BCUT2D eigenvalue weighted by molar-refractivity contribution is 6.31. The molecule has 1 aromatic carbocycles. The van der Waals surface area contributed by atoms with Crippen molar-refractivity contribution in [1.29, 1.82) is 0 Å². The Labute approximate surface area is 224 Å². The standard InChI is InChI=1S/C26H29ClFN5O5/c1-33(25(35)31-15-18-6-5-8-21(28)24(18)27)20(7-3-4-9-23(34)37-2)16-38-26(36)32-22-12-19-13-29-11-10-17(19)14-30-22/h5-6,8,10-14,20H,3-4,7,9,15-16H2,1-2H3,(H,31,35)(H,30,32,36)/t20-/m0/s1. The number of esters is 1. The molecule has 0 aliphatic heterocycles. The van der Waals surface area contributed by atoms with Gasteiger partial charge in [-0.1, -0.05) is 30.2 Å². The fourth-order valence-corrected chi connectivity index (χ4v) is 3.84. The molecule has 3 rings (SSSR count). The van der Waals surface area contributed by atoms with Gasteiger partial charge in [-0.15, -0.1) is 0 Å². The van der Waals surface area contributed by atoms with Crippen molar-refractivity contribution >= 4 is 46.3 Å². The van der Waals surface area contributed by atoms with E-state index in [1.165, 1.54) is 24.1 Å². The van der Waals surface area contributed by atoms with Crippen molar-refractivity contribution in [3.8, 4) is 0 Å². The lowest BCUT2D eigenvalue weighted by Crippen LogP contribution is -2.46. The number of unbranched alkanes of at least 4 members (excludes halogenated alkanes) is 1. The summed E-state index contributed by atoms with van der Waals surface area (Å²) < 4.78 is 23.8. The van der Waals surface area contributed by atoms with Crippen LogP contribution in [0.25, 0.3) is 10.8 Å². The molecule has 0 saturated carbocycles. The molecule has 0 aliphatic carbocycles. The minimum Gasteiger partial charge on any atom is -0.469 e. The second-order valence-electron chi connectivity index (χ2n) is 8.47. The van der Waals surface area contributed by atoms with Crippen molar-refractivity contribution in [2.45, 2.75) is 38.3 Å². The van der Waals surface area contributed by atoms with Crippen molar-refractivity contribution in [2.24, 2.45) is 0 Å². The summed E-state index contributed by atoms with van der Waals surface area (Å²) in [6, 6.07) is 6.86. The second kappa shape index (κ2) is 14.1. The molecule has 10 nitrogen and oxygen atoms in total. The van der Waals surface area contributed by atoms with E-state index in [4.69, 9.17) is 16.3 Å². The number of amides is 3. The van der Waals surface area contributed by atoms with Gasteiger partial charge in [0.15, 0.2) is 0 Å². The fourth-order valence-electron chi connectivity index (χ4n) is 3.65. The number of hydrogen-bond donors (Lipinski definition) is 2. The Morgan fingerprint density at radius 1 is 1.16 bits per heavy atom. The maximum atomic E-state index is 13.7. The third kappa shape index (κ3) is 8.27. The molecule has 0 aliphatic rings. The van der Waals surface area contributed by atoms with Gasteiger partial charge in [0, 0.05) is 49.4 Å². The minimum atomic E-state index is -0.736. The summed E-state index contributed by atoms with van der Waals surface area (Å²) in [6.07, 6.45) is 5.99. The van der Waals surface area contributed by atoms with Crippen molar-refractivity contribution in [2.75, 3.05) is 26.1 Å². The zero-order chi connectivity index (χ0) is 27.5. The first-order chi connectivity index (χ1) is 18.3. The van der Waals surface area contributed by atoms with E-state index in [9.17, 15) is 18.8 Å². The Morgan fingerprint density at radius 2 is 1.97 bits per heavy atom. The predicted molar refractivity (Wildman–Crippen MR) is 140 cm³/mol. The van der Waals surface area contributed by atoms with Crippen LogP contribution in [0.2, 0.25) is 5.02 Å². The summed E-state index contributed by atoms with van der Waals surface area (Å²) in [7, 11) is 2.88. The van der Waals surface area contributed by atoms with Crippen LogP contribution in [0.1, 0.15) is 31.2 Å². The lowest BCUT2D eigenvalue weighted by Gasteiger charge is -2.28. The number of ether oxygens (including phenoxy) is 2. The lowest BCUT2D eigenvalue weighted by atomic mass is 10.1. The largest absolute Gasteiger partial charge is 0.469 e. The Bertz CT molecular complexity index is 1280. The van der Waals surface area contributed by atoms with Crippen molar-refractivity contribution < 1.29 is 28.2 Å². The molecule has 0 saturated heterocycles. The number of halogens is 2. The average Bonchev–Trinajstić information content (AvgIpc) is 2.92. The summed E-state index contributed by atoms with van der Waals surface area (Å²) in [5.41, 5.74) is 0.428. The highest BCUT2D eigenvalue weighted by Crippen LogP contribution is 2.20. The van der Waals surface area contributed by atoms with Crippen LogP contribution in [-0.4, -0.2) is 59.8 Å². The van der Waals surface area contributed by atoms with Gasteiger partial charge in [0.25, 0.3) is 0 Å². The van der Waals surface area contributed by atoms with E-state index < -0.39 is 24.0 Å². The number of carbonyl (C=O) groups is 3. The first kappa shape index (κ1) is 28.6. The Morgan fingerprint density at radius 3 is 2.76 bits per heavy atom. The summed E-state index contributed by atoms with van der Waals surface area (Å²) in [6.45, 7) is -0.0947. The Kier molecular flexibility index (Phi) is 10.6. The molecule has 202 valence electrons. The highest BCUT2D eigenvalue weighted by Gasteiger charge is 2.22. The van der Waals surface area contributed by atoms with Gasteiger partial charge in [-0.25, -0.2) is 19.0 Å². The number of nitrogens with one attached hydrogen (secondary N) is 2. The van der Waals surface area contributed by atoms with E-state index in [-0.39, 0.29) is 30.6 Å². The van der Waals surface area contributed by atoms with Gasteiger partial charge in [-0.05, 0) is 36.6 Å². The molecule has 0 unspecified atom stereocenters. The number of carbonyl (C=O) groups excluding carboxylic acids is 3.